The van der Waals surface area contributed by atoms with Gasteiger partial charge in [-0.05, 0) is 69.3 Å². The second-order valence-electron chi connectivity index (χ2n) is 11.0. The van der Waals surface area contributed by atoms with Gasteiger partial charge in [-0.3, -0.25) is 0 Å². The SMILES string of the molecule is CC.CC.CC(C)(C)Cc1ccc2c(c1)[C@@H](NCCCNC(=O)OC(C)(C)C)CCO2.CO.Fc1cccc(F)c1. The van der Waals surface area contributed by atoms with Crippen LogP contribution < -0.4 is 15.4 Å². The monoisotopic (exact) mass is 582 g/mol. The van der Waals surface area contributed by atoms with Crippen molar-refractivity contribution in [2.75, 3.05) is 26.8 Å². The van der Waals surface area contributed by atoms with Crippen LogP contribution in [-0.4, -0.2) is 43.6 Å². The standard InChI is InChI=1S/C22H36N2O3.C6H4F2.2C2H6.CH4O/c1-21(2,3)15-16-8-9-19-17(14-16)18(10-13-26-19)23-11-7-12-24-20(25)27-22(4,5)6;7-5-2-1-3-6(8)4-5;3*1-2/h8-9,14,18,23H,7,10-13,15H2,1-6H3,(H,24,25);1-4H;2*1-2H3;2H,1H3/t18-;;;;/m0..../s1. The molecular weight excluding hydrogens is 526 g/mol. The fourth-order valence-electron chi connectivity index (χ4n) is 3.71. The lowest BCUT2D eigenvalue weighted by molar-refractivity contribution is 0.0527. The Balaban J connectivity index is 0. The lowest BCUT2D eigenvalue weighted by atomic mass is 9.86. The number of amides is 1. The second kappa shape index (κ2) is 22.0. The summed E-state index contributed by atoms with van der Waals surface area (Å²) in [7, 11) is 1.00. The van der Waals surface area contributed by atoms with Crippen LogP contribution in [0.15, 0.2) is 42.5 Å². The summed E-state index contributed by atoms with van der Waals surface area (Å²) in [6.45, 7) is 22.5. The molecule has 8 heteroatoms. The molecule has 1 atom stereocenters. The van der Waals surface area contributed by atoms with Crippen molar-refractivity contribution in [2.45, 2.75) is 100 Å². The lowest BCUT2D eigenvalue weighted by Gasteiger charge is -2.28. The van der Waals surface area contributed by atoms with E-state index in [2.05, 4.69) is 49.6 Å². The number of rotatable bonds is 6. The highest BCUT2D eigenvalue weighted by molar-refractivity contribution is 5.67. The zero-order chi connectivity index (χ0) is 32.1. The van der Waals surface area contributed by atoms with Gasteiger partial charge in [-0.15, -0.1) is 0 Å². The summed E-state index contributed by atoms with van der Waals surface area (Å²) in [5.74, 6) is -0.0849. The third-order valence-corrected chi connectivity index (χ3v) is 5.05. The highest BCUT2D eigenvalue weighted by Gasteiger charge is 2.22. The van der Waals surface area contributed by atoms with E-state index in [1.54, 1.807) is 0 Å². The van der Waals surface area contributed by atoms with Crippen molar-refractivity contribution in [1.29, 1.82) is 0 Å². The first-order chi connectivity index (χ1) is 19.3. The molecule has 2 aromatic carbocycles. The van der Waals surface area contributed by atoms with E-state index in [0.717, 1.165) is 51.3 Å². The Hall–Kier alpha value is -2.71. The number of aliphatic hydroxyl groups is 1. The molecule has 0 spiro atoms. The molecule has 0 unspecified atom stereocenters. The highest BCUT2D eigenvalue weighted by Crippen LogP contribution is 2.34. The lowest BCUT2D eigenvalue weighted by Crippen LogP contribution is -2.34. The van der Waals surface area contributed by atoms with Crippen LogP contribution in [0.2, 0.25) is 0 Å². The van der Waals surface area contributed by atoms with Crippen LogP contribution in [0.5, 0.6) is 5.75 Å². The average Bonchev–Trinajstić information content (AvgIpc) is 2.90. The topological polar surface area (TPSA) is 79.8 Å². The van der Waals surface area contributed by atoms with Gasteiger partial charge in [0.15, 0.2) is 0 Å². The summed E-state index contributed by atoms with van der Waals surface area (Å²) in [5, 5.41) is 13.4. The number of aliphatic hydroxyl groups excluding tert-OH is 1. The summed E-state index contributed by atoms with van der Waals surface area (Å²) in [5.41, 5.74) is 2.41. The third kappa shape index (κ3) is 19.9. The van der Waals surface area contributed by atoms with Crippen molar-refractivity contribution in [3.8, 4) is 5.75 Å². The minimum Gasteiger partial charge on any atom is -0.493 e. The van der Waals surface area contributed by atoms with Crippen molar-refractivity contribution in [3.05, 3.63) is 65.2 Å². The summed E-state index contributed by atoms with van der Waals surface area (Å²) in [6.07, 6.45) is 2.51. The molecule has 41 heavy (non-hydrogen) atoms. The van der Waals surface area contributed by atoms with E-state index in [0.29, 0.717) is 12.6 Å². The van der Waals surface area contributed by atoms with E-state index < -0.39 is 17.2 Å². The molecule has 0 radical (unpaired) electrons. The molecule has 2 aromatic rings. The minimum atomic E-state index is -0.537. The maximum absolute atomic E-state index is 11.9. The Labute approximate surface area is 248 Å². The number of carbonyl (C=O) groups is 1. The largest absolute Gasteiger partial charge is 0.493 e. The van der Waals surface area contributed by atoms with Crippen molar-refractivity contribution < 1.29 is 28.2 Å². The molecule has 1 heterocycles. The van der Waals surface area contributed by atoms with Crippen LogP contribution in [0.3, 0.4) is 0 Å². The van der Waals surface area contributed by atoms with E-state index in [1.807, 2.05) is 48.5 Å². The fraction of sp³-hybridized carbons (Fsp3) is 0.606. The van der Waals surface area contributed by atoms with E-state index in [9.17, 15) is 13.6 Å². The minimum absolute atomic E-state index is 0.264. The fourth-order valence-corrected chi connectivity index (χ4v) is 3.71. The third-order valence-electron chi connectivity index (χ3n) is 5.05. The van der Waals surface area contributed by atoms with Gasteiger partial charge in [-0.25, -0.2) is 13.6 Å². The molecule has 0 aromatic heterocycles. The molecule has 3 N–H and O–H groups in total. The number of carbonyl (C=O) groups excluding carboxylic acids is 1. The van der Waals surface area contributed by atoms with Crippen LogP contribution in [0.25, 0.3) is 0 Å². The summed E-state index contributed by atoms with van der Waals surface area (Å²) in [4.78, 5) is 11.7. The Bertz CT molecular complexity index is 940. The first-order valence-electron chi connectivity index (χ1n) is 14.6. The van der Waals surface area contributed by atoms with Crippen molar-refractivity contribution in [3.63, 3.8) is 0 Å². The van der Waals surface area contributed by atoms with Gasteiger partial charge < -0.3 is 25.2 Å². The van der Waals surface area contributed by atoms with Gasteiger partial charge in [0, 0.05) is 37.7 Å². The zero-order valence-corrected chi connectivity index (χ0v) is 27.3. The number of alkyl carbamates (subject to hydrolysis) is 1. The van der Waals surface area contributed by atoms with Gasteiger partial charge in [-0.2, -0.15) is 0 Å². The van der Waals surface area contributed by atoms with Crippen LogP contribution in [-0.2, 0) is 11.2 Å². The molecule has 1 aliphatic rings. The molecule has 3 rings (SSSR count). The second-order valence-corrected chi connectivity index (χ2v) is 11.0. The van der Waals surface area contributed by atoms with Crippen molar-refractivity contribution >= 4 is 6.09 Å². The summed E-state index contributed by atoms with van der Waals surface area (Å²) >= 11 is 0. The number of halogens is 2. The molecule has 0 saturated heterocycles. The van der Waals surface area contributed by atoms with Crippen LogP contribution >= 0.6 is 0 Å². The average molecular weight is 583 g/mol. The van der Waals surface area contributed by atoms with E-state index in [4.69, 9.17) is 14.6 Å². The smallest absolute Gasteiger partial charge is 0.407 e. The molecule has 0 saturated carbocycles. The predicted molar refractivity (Wildman–Crippen MR) is 167 cm³/mol. The van der Waals surface area contributed by atoms with E-state index in [1.165, 1.54) is 29.3 Å². The van der Waals surface area contributed by atoms with Gasteiger partial charge in [0.1, 0.15) is 23.0 Å². The highest BCUT2D eigenvalue weighted by atomic mass is 19.1. The maximum Gasteiger partial charge on any atom is 0.407 e. The first kappa shape index (κ1) is 40.4. The van der Waals surface area contributed by atoms with Gasteiger partial charge >= 0.3 is 6.09 Å². The number of ether oxygens (including phenoxy) is 2. The van der Waals surface area contributed by atoms with Gasteiger partial charge in [0.2, 0.25) is 0 Å². The summed E-state index contributed by atoms with van der Waals surface area (Å²) in [6, 6.07) is 11.4. The molecule has 0 aliphatic carbocycles. The molecule has 0 bridgehead atoms. The van der Waals surface area contributed by atoms with Gasteiger partial charge in [-0.1, -0.05) is 66.7 Å². The van der Waals surface area contributed by atoms with Crippen molar-refractivity contribution in [1.82, 2.24) is 10.6 Å². The molecule has 0 fully saturated rings. The Morgan fingerprint density at radius 3 is 2.02 bits per heavy atom. The first-order valence-corrected chi connectivity index (χ1v) is 14.6. The van der Waals surface area contributed by atoms with E-state index >= 15 is 0 Å². The molecule has 1 aliphatic heterocycles. The zero-order valence-electron chi connectivity index (χ0n) is 27.3. The normalized spacial score (nSPS) is 13.5. The number of benzene rings is 2. The molecular formula is C33H56F2N2O4. The van der Waals surface area contributed by atoms with Gasteiger partial charge in [0.05, 0.1) is 6.61 Å². The maximum atomic E-state index is 11.9. The number of fused-ring (bicyclic) bond motifs is 1. The Morgan fingerprint density at radius 2 is 1.54 bits per heavy atom. The van der Waals surface area contributed by atoms with Gasteiger partial charge in [0.25, 0.3) is 0 Å². The quantitative estimate of drug-likeness (QED) is 0.299. The van der Waals surface area contributed by atoms with Crippen LogP contribution in [0, 0.1) is 17.0 Å². The molecule has 6 nitrogen and oxygen atoms in total. The number of nitrogens with one attached hydrogen (secondary N) is 2. The molecule has 1 amide bonds. The van der Waals surface area contributed by atoms with Crippen LogP contribution in [0.1, 0.15) is 99.2 Å². The van der Waals surface area contributed by atoms with Crippen LogP contribution in [0.4, 0.5) is 13.6 Å². The summed E-state index contributed by atoms with van der Waals surface area (Å²) < 4.78 is 34.9. The van der Waals surface area contributed by atoms with E-state index in [-0.39, 0.29) is 11.5 Å². The molecule has 236 valence electrons. The predicted octanol–water partition coefficient (Wildman–Crippen LogP) is 8.23. The van der Waals surface area contributed by atoms with Crippen molar-refractivity contribution in [2.24, 2.45) is 5.41 Å². The number of hydrogen-bond donors (Lipinski definition) is 3. The Kier molecular flexibility index (Phi) is 21.7. The Morgan fingerprint density at radius 1 is 0.951 bits per heavy atom. The number of hydrogen-bond acceptors (Lipinski definition) is 5.